The highest BCUT2D eigenvalue weighted by Crippen LogP contribution is 2.29. The molecule has 0 unspecified atom stereocenters. The Balaban J connectivity index is 2.00. The molecule has 1 aromatic rings. The number of piperidine rings is 1. The zero-order valence-corrected chi connectivity index (χ0v) is 10.6. The Morgan fingerprint density at radius 1 is 1.35 bits per heavy atom. The largest absolute Gasteiger partial charge is 0.469 e. The average molecular weight is 254 g/mol. The van der Waals surface area contributed by atoms with Crippen molar-refractivity contribution in [3.63, 3.8) is 0 Å². The lowest BCUT2D eigenvalue weighted by molar-refractivity contribution is -0.146. The summed E-state index contributed by atoms with van der Waals surface area (Å²) in [6.45, 7) is 1.70. The van der Waals surface area contributed by atoms with Gasteiger partial charge in [-0.1, -0.05) is 23.7 Å². The van der Waals surface area contributed by atoms with Crippen molar-refractivity contribution >= 4 is 23.3 Å². The molecule has 0 N–H and O–H groups in total. The first-order valence-corrected chi connectivity index (χ1v) is 6.17. The van der Waals surface area contributed by atoms with E-state index in [2.05, 4.69) is 4.90 Å². The molecule has 3 nitrogen and oxygen atoms in total. The topological polar surface area (TPSA) is 29.5 Å². The molecule has 0 aromatic heterocycles. The lowest BCUT2D eigenvalue weighted by atomic mass is 9.96. The van der Waals surface area contributed by atoms with E-state index in [9.17, 15) is 4.79 Å². The Morgan fingerprint density at radius 3 is 2.59 bits per heavy atom. The fourth-order valence-corrected chi connectivity index (χ4v) is 2.49. The maximum absolute atomic E-state index is 11.4. The van der Waals surface area contributed by atoms with E-state index in [0.717, 1.165) is 36.6 Å². The predicted molar refractivity (Wildman–Crippen MR) is 68.4 cm³/mol. The first-order valence-electron chi connectivity index (χ1n) is 5.79. The van der Waals surface area contributed by atoms with Crippen molar-refractivity contribution in [2.75, 3.05) is 25.1 Å². The Bertz CT molecular complexity index is 400. The standard InChI is InChI=1S/C13H16ClNO2/c1-17-13(16)10-6-8-15(9-7-10)12-5-3-2-4-11(12)14/h2-5,10H,6-9H2,1H3. The number of para-hydroxylation sites is 1. The number of esters is 1. The molecule has 1 aromatic carbocycles. The Morgan fingerprint density at radius 2 is 2.00 bits per heavy atom. The van der Waals surface area contributed by atoms with Gasteiger partial charge in [0.1, 0.15) is 0 Å². The van der Waals surface area contributed by atoms with Crippen molar-refractivity contribution in [1.82, 2.24) is 0 Å². The zero-order valence-electron chi connectivity index (χ0n) is 9.86. The normalized spacial score (nSPS) is 16.9. The molecule has 1 saturated heterocycles. The van der Waals surface area contributed by atoms with E-state index in [1.165, 1.54) is 7.11 Å². The molecule has 17 heavy (non-hydrogen) atoms. The van der Waals surface area contributed by atoms with E-state index in [4.69, 9.17) is 16.3 Å². The van der Waals surface area contributed by atoms with Gasteiger partial charge in [-0.3, -0.25) is 4.79 Å². The molecule has 1 fully saturated rings. The van der Waals surface area contributed by atoms with Crippen LogP contribution in [0.1, 0.15) is 12.8 Å². The average Bonchev–Trinajstić information content (AvgIpc) is 2.39. The summed E-state index contributed by atoms with van der Waals surface area (Å²) in [6, 6.07) is 7.81. The van der Waals surface area contributed by atoms with Crippen LogP contribution in [0, 0.1) is 5.92 Å². The summed E-state index contributed by atoms with van der Waals surface area (Å²) in [5.74, 6) is -0.0532. The Hall–Kier alpha value is -1.22. The highest BCUT2D eigenvalue weighted by Gasteiger charge is 2.26. The van der Waals surface area contributed by atoms with Gasteiger partial charge < -0.3 is 9.64 Å². The smallest absolute Gasteiger partial charge is 0.308 e. The first kappa shape index (κ1) is 12.2. The summed E-state index contributed by atoms with van der Waals surface area (Å²) < 4.78 is 4.77. The van der Waals surface area contributed by atoms with E-state index < -0.39 is 0 Å². The molecule has 0 aliphatic carbocycles. The van der Waals surface area contributed by atoms with Crippen molar-refractivity contribution < 1.29 is 9.53 Å². The fraction of sp³-hybridized carbons (Fsp3) is 0.462. The van der Waals surface area contributed by atoms with Crippen molar-refractivity contribution in [2.24, 2.45) is 5.92 Å². The molecule has 0 spiro atoms. The third kappa shape index (κ3) is 2.72. The monoisotopic (exact) mass is 253 g/mol. The summed E-state index contributed by atoms with van der Waals surface area (Å²) in [5, 5.41) is 0.768. The predicted octanol–water partition coefficient (Wildman–Crippen LogP) is 2.73. The SMILES string of the molecule is COC(=O)C1CCN(c2ccccc2Cl)CC1. The number of hydrogen-bond donors (Lipinski definition) is 0. The van der Waals surface area contributed by atoms with E-state index in [1.54, 1.807) is 0 Å². The number of ether oxygens (including phenoxy) is 1. The molecule has 1 aliphatic rings. The second-order valence-corrected chi connectivity index (χ2v) is 4.64. The molecule has 0 bridgehead atoms. The molecule has 1 aliphatic heterocycles. The van der Waals surface area contributed by atoms with Crippen LogP contribution in [0.4, 0.5) is 5.69 Å². The lowest BCUT2D eigenvalue weighted by Crippen LogP contribution is -2.36. The first-order chi connectivity index (χ1) is 8.22. The van der Waals surface area contributed by atoms with Gasteiger partial charge in [0.25, 0.3) is 0 Å². The van der Waals surface area contributed by atoms with Gasteiger partial charge in [-0.15, -0.1) is 0 Å². The molecule has 0 atom stereocenters. The summed E-state index contributed by atoms with van der Waals surface area (Å²) in [6.07, 6.45) is 1.66. The van der Waals surface area contributed by atoms with Gasteiger partial charge in [-0.2, -0.15) is 0 Å². The van der Waals surface area contributed by atoms with Crippen LogP contribution >= 0.6 is 11.6 Å². The van der Waals surface area contributed by atoms with Gasteiger partial charge in [-0.25, -0.2) is 0 Å². The van der Waals surface area contributed by atoms with Crippen LogP contribution in [0.25, 0.3) is 0 Å². The number of carbonyl (C=O) groups excluding carboxylic acids is 1. The van der Waals surface area contributed by atoms with Crippen molar-refractivity contribution in [2.45, 2.75) is 12.8 Å². The maximum atomic E-state index is 11.4. The zero-order chi connectivity index (χ0) is 12.3. The van der Waals surface area contributed by atoms with Crippen LogP contribution < -0.4 is 4.90 Å². The number of rotatable bonds is 2. The van der Waals surface area contributed by atoms with Gasteiger partial charge in [0.2, 0.25) is 0 Å². The Labute approximate surface area is 106 Å². The van der Waals surface area contributed by atoms with E-state index >= 15 is 0 Å². The van der Waals surface area contributed by atoms with Crippen LogP contribution in [-0.4, -0.2) is 26.2 Å². The molecule has 2 rings (SSSR count). The van der Waals surface area contributed by atoms with Crippen LogP contribution in [0.5, 0.6) is 0 Å². The Kier molecular flexibility index (Phi) is 3.89. The maximum Gasteiger partial charge on any atom is 0.308 e. The summed E-state index contributed by atoms with van der Waals surface area (Å²) in [4.78, 5) is 13.6. The van der Waals surface area contributed by atoms with Gasteiger partial charge in [0, 0.05) is 13.1 Å². The highest BCUT2D eigenvalue weighted by molar-refractivity contribution is 6.33. The number of hydrogen-bond acceptors (Lipinski definition) is 3. The van der Waals surface area contributed by atoms with Gasteiger partial charge in [0.05, 0.1) is 23.7 Å². The van der Waals surface area contributed by atoms with Crippen molar-refractivity contribution in [1.29, 1.82) is 0 Å². The van der Waals surface area contributed by atoms with Gasteiger partial charge >= 0.3 is 5.97 Å². The van der Waals surface area contributed by atoms with Crippen LogP contribution in [0.2, 0.25) is 5.02 Å². The number of methoxy groups -OCH3 is 1. The summed E-state index contributed by atoms with van der Waals surface area (Å²) >= 11 is 6.15. The second kappa shape index (κ2) is 5.41. The molecule has 92 valence electrons. The molecular weight excluding hydrogens is 238 g/mol. The number of anilines is 1. The third-order valence-corrected chi connectivity index (χ3v) is 3.54. The quantitative estimate of drug-likeness (QED) is 0.759. The van der Waals surface area contributed by atoms with Crippen LogP contribution in [0.15, 0.2) is 24.3 Å². The van der Waals surface area contributed by atoms with Crippen LogP contribution in [-0.2, 0) is 9.53 Å². The fourth-order valence-electron chi connectivity index (χ4n) is 2.23. The molecule has 0 amide bonds. The number of halogens is 1. The summed E-state index contributed by atoms with van der Waals surface area (Å²) in [5.41, 5.74) is 1.05. The molecule has 0 saturated carbocycles. The van der Waals surface area contributed by atoms with Gasteiger partial charge in [0.15, 0.2) is 0 Å². The lowest BCUT2D eigenvalue weighted by Gasteiger charge is -2.32. The number of nitrogens with zero attached hydrogens (tertiary/aromatic N) is 1. The highest BCUT2D eigenvalue weighted by atomic mass is 35.5. The van der Waals surface area contributed by atoms with Crippen molar-refractivity contribution in [3.8, 4) is 0 Å². The van der Waals surface area contributed by atoms with Gasteiger partial charge in [-0.05, 0) is 25.0 Å². The summed E-state index contributed by atoms with van der Waals surface area (Å²) in [7, 11) is 1.45. The number of carbonyl (C=O) groups is 1. The second-order valence-electron chi connectivity index (χ2n) is 4.24. The molecular formula is C13H16ClNO2. The van der Waals surface area contributed by atoms with Crippen molar-refractivity contribution in [3.05, 3.63) is 29.3 Å². The van der Waals surface area contributed by atoms with E-state index in [0.29, 0.717) is 0 Å². The molecule has 0 radical (unpaired) electrons. The minimum absolute atomic E-state index is 0.0405. The third-order valence-electron chi connectivity index (χ3n) is 3.22. The van der Waals surface area contributed by atoms with Crippen LogP contribution in [0.3, 0.4) is 0 Å². The van der Waals surface area contributed by atoms with E-state index in [1.807, 2.05) is 24.3 Å². The number of benzene rings is 1. The molecule has 1 heterocycles. The molecule has 4 heteroatoms. The minimum Gasteiger partial charge on any atom is -0.469 e. The minimum atomic E-state index is -0.0937. The van der Waals surface area contributed by atoms with E-state index in [-0.39, 0.29) is 11.9 Å².